The van der Waals surface area contributed by atoms with Crippen molar-refractivity contribution in [3.05, 3.63) is 16.3 Å². The molecule has 0 bridgehead atoms. The molecule has 2 rings (SSSR count). The number of thioether (sulfide) groups is 1. The van der Waals surface area contributed by atoms with E-state index in [0.717, 1.165) is 35.7 Å². The summed E-state index contributed by atoms with van der Waals surface area (Å²) in [6.45, 7) is 3.75. The lowest BCUT2D eigenvalue weighted by Gasteiger charge is -2.33. The Kier molecular flexibility index (Phi) is 6.66. The maximum Gasteiger partial charge on any atom is 0.265 e. The van der Waals surface area contributed by atoms with Gasteiger partial charge in [0, 0.05) is 24.0 Å². The van der Waals surface area contributed by atoms with Gasteiger partial charge >= 0.3 is 0 Å². The summed E-state index contributed by atoms with van der Waals surface area (Å²) < 4.78 is 0. The highest BCUT2D eigenvalue weighted by Gasteiger charge is 2.26. The number of hydrogen-bond donors (Lipinski definition) is 1. The highest BCUT2D eigenvalue weighted by atomic mass is 35.5. The first-order valence-corrected chi connectivity index (χ1v) is 8.40. The number of nitrogens with zero attached hydrogens (tertiary/aromatic N) is 1. The van der Waals surface area contributed by atoms with E-state index in [4.69, 9.17) is 5.73 Å². The summed E-state index contributed by atoms with van der Waals surface area (Å²) in [5.74, 6) is 0.759. The molecule has 1 aliphatic rings. The largest absolute Gasteiger partial charge is 0.338 e. The number of halogens is 1. The van der Waals surface area contributed by atoms with Crippen molar-refractivity contribution in [3.63, 3.8) is 0 Å². The molecule has 1 aromatic heterocycles. The standard InChI is InChI=1S/C13H20N2OS2.ClH/c1-9(14)10-3-6-15(7-4-10)13(16)12-11(17-2)5-8-18-12;/h5,8-10H,3-4,6-7,14H2,1-2H3;1H. The fourth-order valence-electron chi connectivity index (χ4n) is 2.39. The van der Waals surface area contributed by atoms with Gasteiger partial charge < -0.3 is 10.6 Å². The number of carbonyl (C=O) groups is 1. The van der Waals surface area contributed by atoms with Gasteiger partial charge in [-0.15, -0.1) is 35.5 Å². The summed E-state index contributed by atoms with van der Waals surface area (Å²) in [5.41, 5.74) is 5.92. The molecule has 3 nitrogen and oxygen atoms in total. The topological polar surface area (TPSA) is 46.3 Å². The van der Waals surface area contributed by atoms with Crippen LogP contribution in [-0.4, -0.2) is 36.2 Å². The Morgan fingerprint density at radius 1 is 1.53 bits per heavy atom. The first-order valence-electron chi connectivity index (χ1n) is 6.29. The van der Waals surface area contributed by atoms with Crippen LogP contribution in [0.4, 0.5) is 0 Å². The molecule has 1 amide bonds. The van der Waals surface area contributed by atoms with Crippen molar-refractivity contribution in [3.8, 4) is 0 Å². The van der Waals surface area contributed by atoms with E-state index < -0.39 is 0 Å². The van der Waals surface area contributed by atoms with Crippen LogP contribution in [0.1, 0.15) is 29.4 Å². The van der Waals surface area contributed by atoms with Gasteiger partial charge in [-0.05, 0) is 43.4 Å². The van der Waals surface area contributed by atoms with Crippen LogP contribution in [0.25, 0.3) is 0 Å². The molecule has 1 aromatic rings. The number of rotatable bonds is 3. The lowest BCUT2D eigenvalue weighted by Crippen LogP contribution is -2.42. The Bertz CT molecular complexity index is 415. The minimum Gasteiger partial charge on any atom is -0.338 e. The lowest BCUT2D eigenvalue weighted by atomic mass is 9.91. The molecule has 1 saturated heterocycles. The molecule has 1 fully saturated rings. The van der Waals surface area contributed by atoms with Crippen LogP contribution in [-0.2, 0) is 0 Å². The number of thiophene rings is 1. The number of hydrogen-bond acceptors (Lipinski definition) is 4. The Hall–Kier alpha value is -0.230. The lowest BCUT2D eigenvalue weighted by molar-refractivity contribution is 0.0683. The third-order valence-electron chi connectivity index (χ3n) is 3.61. The van der Waals surface area contributed by atoms with Crippen LogP contribution >= 0.6 is 35.5 Å². The van der Waals surface area contributed by atoms with Crippen LogP contribution in [0, 0.1) is 5.92 Å². The van der Waals surface area contributed by atoms with E-state index in [2.05, 4.69) is 6.92 Å². The van der Waals surface area contributed by atoms with Crippen molar-refractivity contribution in [2.75, 3.05) is 19.3 Å². The maximum absolute atomic E-state index is 12.4. The van der Waals surface area contributed by atoms with Gasteiger partial charge in [-0.2, -0.15) is 0 Å². The molecule has 2 heterocycles. The summed E-state index contributed by atoms with van der Waals surface area (Å²) in [6, 6.07) is 2.27. The van der Waals surface area contributed by atoms with Gasteiger partial charge in [0.1, 0.15) is 4.88 Å². The van der Waals surface area contributed by atoms with Gasteiger partial charge in [0.2, 0.25) is 0 Å². The van der Waals surface area contributed by atoms with Crippen LogP contribution in [0.15, 0.2) is 16.3 Å². The van der Waals surface area contributed by atoms with Crippen LogP contribution in [0.2, 0.25) is 0 Å². The third kappa shape index (κ3) is 3.88. The van der Waals surface area contributed by atoms with Crippen molar-refractivity contribution in [2.24, 2.45) is 11.7 Å². The zero-order valence-electron chi connectivity index (χ0n) is 11.3. The van der Waals surface area contributed by atoms with Gasteiger partial charge in [0.25, 0.3) is 5.91 Å². The van der Waals surface area contributed by atoms with Crippen LogP contribution < -0.4 is 5.73 Å². The molecule has 0 aliphatic carbocycles. The molecule has 6 heteroatoms. The van der Waals surface area contributed by atoms with Crippen molar-refractivity contribution < 1.29 is 4.79 Å². The Morgan fingerprint density at radius 3 is 2.68 bits per heavy atom. The van der Waals surface area contributed by atoms with Crippen molar-refractivity contribution in [2.45, 2.75) is 30.7 Å². The Balaban J connectivity index is 0.00000180. The van der Waals surface area contributed by atoms with Crippen molar-refractivity contribution >= 4 is 41.4 Å². The number of likely N-dealkylation sites (tertiary alicyclic amines) is 1. The quantitative estimate of drug-likeness (QED) is 0.871. The molecular weight excluding hydrogens is 300 g/mol. The van der Waals surface area contributed by atoms with E-state index in [1.807, 2.05) is 22.6 Å². The summed E-state index contributed by atoms with van der Waals surface area (Å²) >= 11 is 3.19. The molecule has 1 atom stereocenters. The SMILES string of the molecule is CSc1ccsc1C(=O)N1CCC(C(C)N)CC1.Cl. The van der Waals surface area contributed by atoms with E-state index >= 15 is 0 Å². The predicted octanol–water partition coefficient (Wildman–Crippen LogP) is 3.09. The second-order valence-electron chi connectivity index (χ2n) is 4.81. The van der Waals surface area contributed by atoms with Gasteiger partial charge in [0.05, 0.1) is 0 Å². The molecule has 2 N–H and O–H groups in total. The van der Waals surface area contributed by atoms with Gasteiger partial charge in [0.15, 0.2) is 0 Å². The maximum atomic E-state index is 12.4. The molecule has 1 unspecified atom stereocenters. The van der Waals surface area contributed by atoms with E-state index in [-0.39, 0.29) is 24.4 Å². The monoisotopic (exact) mass is 320 g/mol. The smallest absolute Gasteiger partial charge is 0.265 e. The average molecular weight is 321 g/mol. The molecule has 0 saturated carbocycles. The van der Waals surface area contributed by atoms with E-state index in [1.54, 1.807) is 23.1 Å². The molecule has 108 valence electrons. The normalized spacial score (nSPS) is 17.9. The van der Waals surface area contributed by atoms with E-state index in [1.165, 1.54) is 0 Å². The number of nitrogens with two attached hydrogens (primary N) is 1. The highest BCUT2D eigenvalue weighted by molar-refractivity contribution is 7.98. The molecule has 1 aliphatic heterocycles. The average Bonchev–Trinajstić information content (AvgIpc) is 2.86. The molecular formula is C13H21ClN2OS2. The van der Waals surface area contributed by atoms with E-state index in [9.17, 15) is 4.79 Å². The summed E-state index contributed by atoms with van der Waals surface area (Å²) in [4.78, 5) is 16.4. The van der Waals surface area contributed by atoms with Crippen LogP contribution in [0.5, 0.6) is 0 Å². The number of carbonyl (C=O) groups excluding carboxylic acids is 1. The first kappa shape index (κ1) is 16.8. The minimum absolute atomic E-state index is 0. The van der Waals surface area contributed by atoms with Gasteiger partial charge in [-0.3, -0.25) is 4.79 Å². The highest BCUT2D eigenvalue weighted by Crippen LogP contribution is 2.28. The Morgan fingerprint density at radius 2 is 2.16 bits per heavy atom. The summed E-state index contributed by atoms with van der Waals surface area (Å²) in [5, 5.41) is 1.99. The fourth-order valence-corrected chi connectivity index (χ4v) is 4.10. The number of amides is 1. The van der Waals surface area contributed by atoms with Crippen molar-refractivity contribution in [1.82, 2.24) is 4.90 Å². The second-order valence-corrected chi connectivity index (χ2v) is 6.57. The second kappa shape index (κ2) is 7.53. The number of piperidine rings is 1. The molecule has 19 heavy (non-hydrogen) atoms. The van der Waals surface area contributed by atoms with Gasteiger partial charge in [-0.25, -0.2) is 0 Å². The minimum atomic E-state index is 0. The van der Waals surface area contributed by atoms with E-state index in [0.29, 0.717) is 5.92 Å². The first-order chi connectivity index (χ1) is 8.63. The Labute approximate surface area is 129 Å². The van der Waals surface area contributed by atoms with Crippen molar-refractivity contribution in [1.29, 1.82) is 0 Å². The summed E-state index contributed by atoms with van der Waals surface area (Å²) in [6.07, 6.45) is 4.08. The predicted molar refractivity (Wildman–Crippen MR) is 85.6 cm³/mol. The van der Waals surface area contributed by atoms with Gasteiger partial charge in [-0.1, -0.05) is 0 Å². The molecule has 0 radical (unpaired) electrons. The van der Waals surface area contributed by atoms with Crippen LogP contribution in [0.3, 0.4) is 0 Å². The summed E-state index contributed by atoms with van der Waals surface area (Å²) in [7, 11) is 0. The fraction of sp³-hybridized carbons (Fsp3) is 0.615. The third-order valence-corrected chi connectivity index (χ3v) is 5.43. The zero-order chi connectivity index (χ0) is 13.1. The zero-order valence-corrected chi connectivity index (χ0v) is 13.7. The molecule has 0 spiro atoms. The molecule has 0 aromatic carbocycles.